The third kappa shape index (κ3) is 16.6. The van der Waals surface area contributed by atoms with E-state index in [0.717, 1.165) is 52.3 Å². The first-order valence-corrected chi connectivity index (χ1v) is 30.7. The van der Waals surface area contributed by atoms with E-state index in [4.69, 9.17) is 29.2 Å². The number of imidazole rings is 1. The van der Waals surface area contributed by atoms with Crippen LogP contribution in [0.1, 0.15) is 143 Å². The lowest BCUT2D eigenvalue weighted by Gasteiger charge is -2.37. The summed E-state index contributed by atoms with van der Waals surface area (Å²) in [6.07, 6.45) is 18.3. The van der Waals surface area contributed by atoms with Gasteiger partial charge < -0.3 is 33.9 Å². The predicted molar refractivity (Wildman–Crippen MR) is 319 cm³/mol. The SMILES string of the molecule is CC(C)CCCCCCCCCCCCCCOCCCc1nc(NC(c2ccccc2)(c2ccccc2)c2ccccc2)c2ncn(C[C@@H](COC(c3ccccc3)(c3ccccc3)c3ccccc3)OCP(=O)(O)O)c2n1. The molecule has 0 unspecified atom stereocenters. The average Bonchev–Trinajstić information content (AvgIpc) is 4.02. The number of aromatic nitrogens is 4. The summed E-state index contributed by atoms with van der Waals surface area (Å²) in [6, 6.07) is 61.2. The Bertz CT molecular complexity index is 2820. The van der Waals surface area contributed by atoms with Gasteiger partial charge >= 0.3 is 7.60 Å². The van der Waals surface area contributed by atoms with Crippen molar-refractivity contribution in [2.45, 2.75) is 134 Å². The van der Waals surface area contributed by atoms with Crippen LogP contribution in [0.4, 0.5) is 5.82 Å². The molecule has 0 spiro atoms. The first kappa shape index (κ1) is 58.8. The van der Waals surface area contributed by atoms with Crippen molar-refractivity contribution in [2.24, 2.45) is 5.92 Å². The maximum Gasteiger partial charge on any atom is 0.350 e. The van der Waals surface area contributed by atoms with Crippen molar-refractivity contribution in [3.8, 4) is 0 Å². The predicted octanol–water partition coefficient (Wildman–Crippen LogP) is 15.4. The van der Waals surface area contributed by atoms with Gasteiger partial charge in [-0.25, -0.2) is 15.0 Å². The molecule has 0 fully saturated rings. The molecule has 2 aromatic heterocycles. The summed E-state index contributed by atoms with van der Waals surface area (Å²) >= 11 is 0. The van der Waals surface area contributed by atoms with Gasteiger partial charge in [0.1, 0.15) is 28.8 Å². The number of benzene rings is 6. The molecular weight excluding hydrogens is 1000 g/mol. The molecule has 0 amide bonds. The number of fused-ring (bicyclic) bond motifs is 1. The summed E-state index contributed by atoms with van der Waals surface area (Å²) in [5.41, 5.74) is 4.73. The maximum atomic E-state index is 12.6. The van der Waals surface area contributed by atoms with Crippen LogP contribution < -0.4 is 5.32 Å². The van der Waals surface area contributed by atoms with Crippen LogP contribution >= 0.6 is 7.60 Å². The fourth-order valence-corrected chi connectivity index (χ4v) is 11.2. The smallest absolute Gasteiger partial charge is 0.350 e. The number of unbranched alkanes of at least 4 members (excludes halogenated alkanes) is 11. The molecule has 8 rings (SSSR count). The molecule has 11 nitrogen and oxygen atoms in total. The highest BCUT2D eigenvalue weighted by Gasteiger charge is 2.40. The summed E-state index contributed by atoms with van der Waals surface area (Å²) < 4.78 is 34.1. The van der Waals surface area contributed by atoms with Gasteiger partial charge in [0.2, 0.25) is 0 Å². The highest BCUT2D eigenvalue weighted by molar-refractivity contribution is 7.51. The van der Waals surface area contributed by atoms with E-state index in [0.29, 0.717) is 42.3 Å². The van der Waals surface area contributed by atoms with Crippen LogP contribution in [-0.4, -0.2) is 61.6 Å². The van der Waals surface area contributed by atoms with E-state index in [2.05, 4.69) is 55.6 Å². The van der Waals surface area contributed by atoms with Crippen molar-refractivity contribution >= 4 is 24.6 Å². The highest BCUT2D eigenvalue weighted by atomic mass is 31.2. The van der Waals surface area contributed by atoms with Gasteiger partial charge in [-0.1, -0.05) is 273 Å². The number of rotatable bonds is 35. The fourth-order valence-electron chi connectivity index (χ4n) is 10.8. The summed E-state index contributed by atoms with van der Waals surface area (Å²) in [5, 5.41) is 3.98. The van der Waals surface area contributed by atoms with Gasteiger partial charge in [0.25, 0.3) is 0 Å². The molecule has 12 heteroatoms. The average molecular weight is 1080 g/mol. The standard InChI is InChI=1S/C67H82N5O6P/c1-54(2)34-19-11-9-7-5-3-4-6-8-10-12-32-48-76-49-33-47-62-69-64(71-66(55-35-20-13-21-36-55,56-37-22-14-23-38-56)57-39-24-15-25-40-57)63-65(70-62)72(52-68-63)50-61(77-53-79(73,74)75)51-78-67(58-41-26-16-27-42-58,59-43-28-17-29-44-59)60-45-30-18-31-46-60/h13-18,20-31,35-46,52,54,61H,3-12,19,32-34,47-51,53H2,1-2H3,(H,69,70,71)(H2,73,74,75)/t61-/m0/s1. The second-order valence-corrected chi connectivity index (χ2v) is 22.9. The molecule has 0 saturated carbocycles. The number of aryl methyl sites for hydroxylation is 1. The number of hydrogen-bond acceptors (Lipinski definition) is 8. The van der Waals surface area contributed by atoms with Gasteiger partial charge in [-0.2, -0.15) is 0 Å². The first-order chi connectivity index (χ1) is 38.7. The molecule has 0 aliphatic carbocycles. The monoisotopic (exact) mass is 1080 g/mol. The molecule has 6 aromatic carbocycles. The fraction of sp³-hybridized carbons (Fsp3) is 0.388. The normalized spacial score (nSPS) is 12.6. The Morgan fingerprint density at radius 2 is 0.962 bits per heavy atom. The topological polar surface area (TPSA) is 141 Å². The minimum absolute atomic E-state index is 0.0588. The number of ether oxygens (including phenoxy) is 3. The lowest BCUT2D eigenvalue weighted by Crippen LogP contribution is -2.38. The zero-order chi connectivity index (χ0) is 55.0. The van der Waals surface area contributed by atoms with Crippen molar-refractivity contribution in [3.63, 3.8) is 0 Å². The van der Waals surface area contributed by atoms with Gasteiger partial charge in [0.05, 0.1) is 25.6 Å². The van der Waals surface area contributed by atoms with Crippen LogP contribution in [0.25, 0.3) is 11.2 Å². The van der Waals surface area contributed by atoms with Gasteiger partial charge in [-0.05, 0) is 52.1 Å². The minimum atomic E-state index is -4.61. The summed E-state index contributed by atoms with van der Waals surface area (Å²) in [5.74, 6) is 1.97. The Kier molecular flexibility index (Phi) is 22.6. The van der Waals surface area contributed by atoms with Crippen molar-refractivity contribution in [1.82, 2.24) is 19.5 Å². The molecule has 416 valence electrons. The maximum absolute atomic E-state index is 12.6. The Morgan fingerprint density at radius 1 is 0.544 bits per heavy atom. The van der Waals surface area contributed by atoms with Crippen LogP contribution in [0.3, 0.4) is 0 Å². The van der Waals surface area contributed by atoms with Crippen LogP contribution in [0.5, 0.6) is 0 Å². The number of anilines is 1. The molecule has 3 N–H and O–H groups in total. The second kappa shape index (κ2) is 30.3. The Morgan fingerprint density at radius 3 is 1.41 bits per heavy atom. The van der Waals surface area contributed by atoms with Crippen molar-refractivity contribution in [1.29, 1.82) is 0 Å². The number of hydrogen-bond donors (Lipinski definition) is 3. The summed E-state index contributed by atoms with van der Waals surface area (Å²) in [4.78, 5) is 36.0. The molecule has 8 aromatic rings. The van der Waals surface area contributed by atoms with E-state index in [-0.39, 0.29) is 13.2 Å². The zero-order valence-electron chi connectivity index (χ0n) is 46.5. The van der Waals surface area contributed by atoms with Crippen LogP contribution in [0, 0.1) is 5.92 Å². The highest BCUT2D eigenvalue weighted by Crippen LogP contribution is 2.43. The quantitative estimate of drug-likeness (QED) is 0.0200. The molecule has 0 aliphatic rings. The third-order valence-electron chi connectivity index (χ3n) is 14.9. The van der Waals surface area contributed by atoms with Gasteiger partial charge in [0, 0.05) is 19.6 Å². The van der Waals surface area contributed by atoms with E-state index < -0.39 is 31.2 Å². The molecule has 1 atom stereocenters. The molecule has 0 saturated heterocycles. The molecule has 79 heavy (non-hydrogen) atoms. The Hall–Kier alpha value is -6.30. The van der Waals surface area contributed by atoms with E-state index in [9.17, 15) is 14.4 Å². The summed E-state index contributed by atoms with van der Waals surface area (Å²) in [6.45, 7) is 5.98. The van der Waals surface area contributed by atoms with Crippen LogP contribution in [0.2, 0.25) is 0 Å². The van der Waals surface area contributed by atoms with E-state index in [1.165, 1.54) is 77.0 Å². The van der Waals surface area contributed by atoms with Gasteiger partial charge in [0.15, 0.2) is 11.5 Å². The molecule has 0 radical (unpaired) electrons. The number of nitrogens with one attached hydrogen (secondary N) is 1. The largest absolute Gasteiger partial charge is 0.381 e. The lowest BCUT2D eigenvalue weighted by atomic mass is 9.77. The molecule has 2 heterocycles. The van der Waals surface area contributed by atoms with Crippen molar-refractivity contribution in [3.05, 3.63) is 228 Å². The van der Waals surface area contributed by atoms with Crippen molar-refractivity contribution in [2.75, 3.05) is 31.5 Å². The van der Waals surface area contributed by atoms with Gasteiger partial charge in [-0.15, -0.1) is 0 Å². The second-order valence-electron chi connectivity index (χ2n) is 21.3. The molecular formula is C67H82N5O6P. The van der Waals surface area contributed by atoms with Crippen LogP contribution in [0.15, 0.2) is 188 Å². The summed E-state index contributed by atoms with van der Waals surface area (Å²) in [7, 11) is -4.61. The van der Waals surface area contributed by atoms with E-state index in [1.807, 2.05) is 150 Å². The number of nitrogens with zero attached hydrogens (tertiary/aromatic N) is 4. The molecule has 0 aliphatic heterocycles. The van der Waals surface area contributed by atoms with Crippen molar-refractivity contribution < 1.29 is 28.6 Å². The Balaban J connectivity index is 1.04. The van der Waals surface area contributed by atoms with E-state index in [1.54, 1.807) is 6.33 Å². The van der Waals surface area contributed by atoms with E-state index >= 15 is 0 Å². The minimum Gasteiger partial charge on any atom is -0.381 e. The Labute approximate surface area is 469 Å². The van der Waals surface area contributed by atoms with Crippen LogP contribution in [-0.2, 0) is 42.9 Å². The van der Waals surface area contributed by atoms with Gasteiger partial charge in [-0.3, -0.25) is 4.57 Å². The zero-order valence-corrected chi connectivity index (χ0v) is 47.4. The first-order valence-electron chi connectivity index (χ1n) is 28.9. The molecule has 0 bridgehead atoms. The third-order valence-corrected chi connectivity index (χ3v) is 15.3. The lowest BCUT2D eigenvalue weighted by molar-refractivity contribution is -0.0624.